The minimum absolute atomic E-state index is 0.483. The van der Waals surface area contributed by atoms with Crippen LogP contribution >= 0.6 is 0 Å². The molecule has 1 aromatic heterocycles. The number of fused-ring (bicyclic) bond motifs is 3. The van der Waals surface area contributed by atoms with Crippen molar-refractivity contribution in [1.29, 1.82) is 0 Å². The fourth-order valence-corrected chi connectivity index (χ4v) is 2.13. The standard InChI is InChI=1S/C14H12N2O3/c1-18-9-3-5-11-12-6-4-10(19-2)8-14(12)16(17)15-13(11)7-9/h3-8H,1-2H3. The molecule has 0 atom stereocenters. The highest BCUT2D eigenvalue weighted by molar-refractivity contribution is 6.02. The number of hydrogen-bond acceptors (Lipinski definition) is 4. The fraction of sp³-hybridized carbons (Fsp3) is 0.143. The van der Waals surface area contributed by atoms with Crippen LogP contribution < -0.4 is 14.3 Å². The molecule has 3 rings (SSSR count). The van der Waals surface area contributed by atoms with Gasteiger partial charge in [-0.2, -0.15) is 0 Å². The van der Waals surface area contributed by atoms with Gasteiger partial charge >= 0.3 is 0 Å². The molecule has 0 aliphatic carbocycles. The van der Waals surface area contributed by atoms with E-state index in [1.165, 1.54) is 0 Å². The normalized spacial score (nSPS) is 10.8. The molecule has 5 nitrogen and oxygen atoms in total. The third-order valence-corrected chi connectivity index (χ3v) is 3.10. The van der Waals surface area contributed by atoms with E-state index in [9.17, 15) is 5.21 Å². The van der Waals surface area contributed by atoms with Gasteiger partial charge in [0.05, 0.1) is 25.7 Å². The van der Waals surface area contributed by atoms with Gasteiger partial charge in [0, 0.05) is 16.6 Å². The predicted molar refractivity (Wildman–Crippen MR) is 71.3 cm³/mol. The van der Waals surface area contributed by atoms with Crippen LogP contribution in [-0.2, 0) is 0 Å². The van der Waals surface area contributed by atoms with Crippen LogP contribution in [0.25, 0.3) is 21.8 Å². The molecule has 0 radical (unpaired) electrons. The average Bonchev–Trinajstić information content (AvgIpc) is 2.46. The zero-order chi connectivity index (χ0) is 13.4. The Bertz CT molecular complexity index is 771. The van der Waals surface area contributed by atoms with E-state index in [2.05, 4.69) is 5.10 Å². The van der Waals surface area contributed by atoms with Gasteiger partial charge in [0.1, 0.15) is 17.0 Å². The largest absolute Gasteiger partial charge is 0.594 e. The van der Waals surface area contributed by atoms with Gasteiger partial charge in [-0.15, -0.1) is 0 Å². The van der Waals surface area contributed by atoms with Gasteiger partial charge in [-0.3, -0.25) is 0 Å². The van der Waals surface area contributed by atoms with Crippen molar-refractivity contribution in [3.63, 3.8) is 0 Å². The summed E-state index contributed by atoms with van der Waals surface area (Å²) in [6, 6.07) is 10.9. The van der Waals surface area contributed by atoms with Crippen molar-refractivity contribution in [3.05, 3.63) is 41.6 Å². The summed E-state index contributed by atoms with van der Waals surface area (Å²) in [5.41, 5.74) is 1.09. The summed E-state index contributed by atoms with van der Waals surface area (Å²) in [6.45, 7) is 0. The Morgan fingerprint density at radius 2 is 1.58 bits per heavy atom. The van der Waals surface area contributed by atoms with Crippen molar-refractivity contribution in [2.24, 2.45) is 0 Å². The lowest BCUT2D eigenvalue weighted by Gasteiger charge is -2.06. The van der Waals surface area contributed by atoms with Gasteiger partial charge in [-0.05, 0) is 29.1 Å². The van der Waals surface area contributed by atoms with Crippen molar-refractivity contribution in [2.45, 2.75) is 0 Å². The van der Waals surface area contributed by atoms with Crippen LogP contribution in [0.2, 0.25) is 0 Å². The summed E-state index contributed by atoms with van der Waals surface area (Å²) in [6.07, 6.45) is 0. The lowest BCUT2D eigenvalue weighted by molar-refractivity contribution is -0.639. The lowest BCUT2D eigenvalue weighted by Crippen LogP contribution is -2.31. The Balaban J connectivity index is 2.39. The molecule has 1 heterocycles. The van der Waals surface area contributed by atoms with Gasteiger partial charge in [0.25, 0.3) is 5.52 Å². The van der Waals surface area contributed by atoms with E-state index in [1.54, 1.807) is 26.4 Å². The van der Waals surface area contributed by atoms with Gasteiger partial charge in [0.2, 0.25) is 0 Å². The molecule has 0 spiro atoms. The first-order valence-electron chi connectivity index (χ1n) is 5.78. The van der Waals surface area contributed by atoms with Gasteiger partial charge < -0.3 is 14.7 Å². The Kier molecular flexibility index (Phi) is 2.59. The molecule has 19 heavy (non-hydrogen) atoms. The van der Waals surface area contributed by atoms with E-state index < -0.39 is 0 Å². The Hall–Kier alpha value is -2.56. The van der Waals surface area contributed by atoms with E-state index in [0.29, 0.717) is 27.4 Å². The summed E-state index contributed by atoms with van der Waals surface area (Å²) in [7, 11) is 3.15. The van der Waals surface area contributed by atoms with Crippen molar-refractivity contribution in [1.82, 2.24) is 5.10 Å². The summed E-state index contributed by atoms with van der Waals surface area (Å²) >= 11 is 0. The van der Waals surface area contributed by atoms with E-state index in [-0.39, 0.29) is 0 Å². The zero-order valence-corrected chi connectivity index (χ0v) is 10.6. The molecule has 5 heteroatoms. The Labute approximate surface area is 109 Å². The van der Waals surface area contributed by atoms with Crippen LogP contribution in [0, 0.1) is 5.21 Å². The molecule has 3 aromatic rings. The number of benzene rings is 2. The molecule has 0 N–H and O–H groups in total. The number of methoxy groups -OCH3 is 2. The first kappa shape index (κ1) is 11.5. The summed E-state index contributed by atoms with van der Waals surface area (Å²) < 4.78 is 10.3. The maximum atomic E-state index is 12.0. The SMILES string of the molecule is COc1ccc2c(c1)n[n+]([O-])c1cc(OC)ccc21. The molecular weight excluding hydrogens is 244 g/mol. The topological polar surface area (TPSA) is 58.3 Å². The minimum atomic E-state index is 0.483. The van der Waals surface area contributed by atoms with Crippen LogP contribution in [0.3, 0.4) is 0 Å². The second kappa shape index (κ2) is 4.28. The molecule has 0 unspecified atom stereocenters. The molecule has 0 bridgehead atoms. The fourth-order valence-electron chi connectivity index (χ4n) is 2.13. The highest BCUT2D eigenvalue weighted by Gasteiger charge is 2.13. The number of nitrogens with zero attached hydrogens (tertiary/aromatic N) is 2. The molecule has 0 saturated heterocycles. The molecule has 0 amide bonds. The van der Waals surface area contributed by atoms with E-state index in [4.69, 9.17) is 9.47 Å². The van der Waals surface area contributed by atoms with Gasteiger partial charge in [0.15, 0.2) is 0 Å². The molecule has 0 saturated carbocycles. The van der Waals surface area contributed by atoms with E-state index in [1.807, 2.05) is 24.3 Å². The number of rotatable bonds is 2. The average molecular weight is 256 g/mol. The highest BCUT2D eigenvalue weighted by Crippen LogP contribution is 2.26. The monoisotopic (exact) mass is 256 g/mol. The predicted octanol–water partition coefficient (Wildman–Crippen LogP) is 2.04. The third-order valence-electron chi connectivity index (χ3n) is 3.10. The second-order valence-corrected chi connectivity index (χ2v) is 4.14. The molecule has 0 aliphatic rings. The van der Waals surface area contributed by atoms with Crippen molar-refractivity contribution < 1.29 is 14.3 Å². The molecular formula is C14H12N2O3. The maximum Gasteiger partial charge on any atom is 0.256 e. The van der Waals surface area contributed by atoms with Crippen LogP contribution in [0.15, 0.2) is 36.4 Å². The van der Waals surface area contributed by atoms with Gasteiger partial charge in [-0.25, -0.2) is 0 Å². The zero-order valence-electron chi connectivity index (χ0n) is 10.6. The maximum absolute atomic E-state index is 12.0. The molecule has 0 fully saturated rings. The van der Waals surface area contributed by atoms with Crippen molar-refractivity contribution in [3.8, 4) is 11.5 Å². The van der Waals surface area contributed by atoms with Gasteiger partial charge in [-0.1, -0.05) is 0 Å². The summed E-state index contributed by atoms with van der Waals surface area (Å²) in [5, 5.41) is 17.7. The number of aromatic nitrogens is 2. The summed E-state index contributed by atoms with van der Waals surface area (Å²) in [4.78, 5) is 0.611. The Morgan fingerprint density at radius 3 is 2.26 bits per heavy atom. The smallest absolute Gasteiger partial charge is 0.256 e. The van der Waals surface area contributed by atoms with Crippen molar-refractivity contribution >= 4 is 21.8 Å². The molecule has 2 aromatic carbocycles. The van der Waals surface area contributed by atoms with Crippen LogP contribution in [0.4, 0.5) is 0 Å². The van der Waals surface area contributed by atoms with E-state index in [0.717, 1.165) is 10.8 Å². The van der Waals surface area contributed by atoms with Crippen LogP contribution in [-0.4, -0.2) is 19.3 Å². The molecule has 0 aliphatic heterocycles. The first-order valence-corrected chi connectivity index (χ1v) is 5.78. The highest BCUT2D eigenvalue weighted by atomic mass is 16.5. The number of ether oxygens (including phenoxy) is 2. The molecule has 96 valence electrons. The van der Waals surface area contributed by atoms with Crippen molar-refractivity contribution in [2.75, 3.05) is 14.2 Å². The van der Waals surface area contributed by atoms with Crippen LogP contribution in [0.5, 0.6) is 11.5 Å². The summed E-state index contributed by atoms with van der Waals surface area (Å²) in [5.74, 6) is 1.31. The number of hydrogen-bond donors (Lipinski definition) is 0. The quantitative estimate of drug-likeness (QED) is 0.400. The minimum Gasteiger partial charge on any atom is -0.594 e. The van der Waals surface area contributed by atoms with E-state index >= 15 is 0 Å². The Morgan fingerprint density at radius 1 is 0.947 bits per heavy atom. The third kappa shape index (κ3) is 1.79. The first-order chi connectivity index (χ1) is 9.22. The second-order valence-electron chi connectivity index (χ2n) is 4.14. The lowest BCUT2D eigenvalue weighted by atomic mass is 10.1. The van der Waals surface area contributed by atoms with Crippen LogP contribution in [0.1, 0.15) is 0 Å².